The van der Waals surface area contributed by atoms with Gasteiger partial charge in [-0.25, -0.2) is 8.42 Å². The highest BCUT2D eigenvalue weighted by Gasteiger charge is 2.27. The van der Waals surface area contributed by atoms with E-state index in [9.17, 15) is 18.0 Å². The SMILES string of the molecule is Cc1c(Cl)cccc1N(CCCC(=O)N(Cc1ccc(Cl)c(Cl)c1)[C@@H](C)C(=O)NCC(C)C)S(C)(=O)=O. The minimum absolute atomic E-state index is 0.0365. The standard InChI is InChI=1S/C26H34Cl3N3O4S/c1-17(2)15-30-26(34)19(4)31(16-20-11-12-22(28)23(29)14-20)25(33)10-7-13-32(37(5,35)36)24-9-6-8-21(27)18(24)3/h6,8-9,11-12,14,17,19H,7,10,13,15-16H2,1-5H3,(H,30,34)/t19-/m0/s1. The maximum Gasteiger partial charge on any atom is 0.242 e. The fourth-order valence-electron chi connectivity index (χ4n) is 3.72. The lowest BCUT2D eigenvalue weighted by Crippen LogP contribution is -2.48. The number of nitrogens with one attached hydrogen (secondary N) is 1. The highest BCUT2D eigenvalue weighted by Crippen LogP contribution is 2.29. The van der Waals surface area contributed by atoms with E-state index in [1.165, 1.54) is 9.21 Å². The van der Waals surface area contributed by atoms with Crippen molar-refractivity contribution in [1.29, 1.82) is 0 Å². The van der Waals surface area contributed by atoms with Crippen LogP contribution in [0.25, 0.3) is 0 Å². The Morgan fingerprint density at radius 3 is 2.27 bits per heavy atom. The van der Waals surface area contributed by atoms with Gasteiger partial charge in [-0.3, -0.25) is 13.9 Å². The third-order valence-electron chi connectivity index (χ3n) is 5.85. The van der Waals surface area contributed by atoms with E-state index in [0.29, 0.717) is 32.9 Å². The number of nitrogens with zero attached hydrogens (tertiary/aromatic N) is 2. The number of carbonyl (C=O) groups is 2. The number of rotatable bonds is 12. The molecule has 0 fully saturated rings. The van der Waals surface area contributed by atoms with Crippen LogP contribution in [0.3, 0.4) is 0 Å². The van der Waals surface area contributed by atoms with Crippen molar-refractivity contribution >= 4 is 62.3 Å². The average molecular weight is 591 g/mol. The molecule has 0 radical (unpaired) electrons. The van der Waals surface area contributed by atoms with E-state index in [0.717, 1.165) is 11.8 Å². The van der Waals surface area contributed by atoms with E-state index in [2.05, 4.69) is 5.32 Å². The largest absolute Gasteiger partial charge is 0.354 e. The zero-order valence-corrected chi connectivity index (χ0v) is 24.8. The summed E-state index contributed by atoms with van der Waals surface area (Å²) in [5.74, 6) is -0.295. The molecule has 0 spiro atoms. The van der Waals surface area contributed by atoms with Gasteiger partial charge >= 0.3 is 0 Å². The van der Waals surface area contributed by atoms with E-state index < -0.39 is 16.1 Å². The molecule has 2 aromatic rings. The van der Waals surface area contributed by atoms with Crippen LogP contribution in [-0.2, 0) is 26.2 Å². The first kappa shape index (κ1) is 31.2. The summed E-state index contributed by atoms with van der Waals surface area (Å²) in [6.45, 7) is 8.11. The van der Waals surface area contributed by atoms with Crippen LogP contribution in [0.1, 0.15) is 44.7 Å². The maximum atomic E-state index is 13.4. The highest BCUT2D eigenvalue weighted by atomic mass is 35.5. The van der Waals surface area contributed by atoms with Crippen molar-refractivity contribution in [3.63, 3.8) is 0 Å². The van der Waals surface area contributed by atoms with Crippen LogP contribution in [0.2, 0.25) is 15.1 Å². The summed E-state index contributed by atoms with van der Waals surface area (Å²) in [6.07, 6.45) is 1.40. The zero-order valence-electron chi connectivity index (χ0n) is 21.7. The normalized spacial score (nSPS) is 12.4. The molecule has 2 rings (SSSR count). The van der Waals surface area contributed by atoms with Crippen molar-refractivity contribution < 1.29 is 18.0 Å². The molecule has 37 heavy (non-hydrogen) atoms. The number of sulfonamides is 1. The Kier molecular flexibility index (Phi) is 11.6. The summed E-state index contributed by atoms with van der Waals surface area (Å²) in [6, 6.07) is 9.37. The van der Waals surface area contributed by atoms with Gasteiger partial charge in [0.15, 0.2) is 0 Å². The molecule has 0 saturated carbocycles. The van der Waals surface area contributed by atoms with E-state index in [1.807, 2.05) is 13.8 Å². The first-order valence-electron chi connectivity index (χ1n) is 12.0. The molecule has 0 bridgehead atoms. The zero-order chi connectivity index (χ0) is 27.9. The van der Waals surface area contributed by atoms with Gasteiger partial charge in [-0.1, -0.05) is 60.8 Å². The molecule has 0 aliphatic heterocycles. The summed E-state index contributed by atoms with van der Waals surface area (Å²) in [4.78, 5) is 27.7. The lowest BCUT2D eigenvalue weighted by Gasteiger charge is -2.30. The van der Waals surface area contributed by atoms with Gasteiger partial charge in [0.25, 0.3) is 0 Å². The fourth-order valence-corrected chi connectivity index (χ4v) is 5.22. The van der Waals surface area contributed by atoms with Gasteiger partial charge in [0.2, 0.25) is 21.8 Å². The Bertz CT molecular complexity index is 1220. The van der Waals surface area contributed by atoms with Crippen LogP contribution in [0.5, 0.6) is 0 Å². The molecule has 0 aliphatic carbocycles. The smallest absolute Gasteiger partial charge is 0.242 e. The van der Waals surface area contributed by atoms with Gasteiger partial charge in [0.1, 0.15) is 6.04 Å². The fraction of sp³-hybridized carbons (Fsp3) is 0.462. The Morgan fingerprint density at radius 1 is 1.00 bits per heavy atom. The third kappa shape index (κ3) is 9.06. The van der Waals surface area contributed by atoms with E-state index >= 15 is 0 Å². The van der Waals surface area contributed by atoms with Crippen molar-refractivity contribution in [3.05, 3.63) is 62.6 Å². The first-order valence-corrected chi connectivity index (χ1v) is 14.9. The van der Waals surface area contributed by atoms with Gasteiger partial charge in [-0.15, -0.1) is 0 Å². The molecule has 2 amide bonds. The average Bonchev–Trinajstić information content (AvgIpc) is 2.81. The predicted molar refractivity (Wildman–Crippen MR) is 152 cm³/mol. The Balaban J connectivity index is 2.22. The van der Waals surface area contributed by atoms with Crippen LogP contribution in [0.15, 0.2) is 36.4 Å². The minimum atomic E-state index is -3.62. The highest BCUT2D eigenvalue weighted by molar-refractivity contribution is 7.92. The molecule has 2 aromatic carbocycles. The summed E-state index contributed by atoms with van der Waals surface area (Å²) in [7, 11) is -3.62. The van der Waals surface area contributed by atoms with Gasteiger partial charge in [0, 0.05) is 31.1 Å². The molecule has 1 N–H and O–H groups in total. The molecular formula is C26H34Cl3N3O4S. The summed E-state index contributed by atoms with van der Waals surface area (Å²) in [5.41, 5.74) is 1.83. The molecule has 0 aromatic heterocycles. The van der Waals surface area contributed by atoms with Crippen molar-refractivity contribution in [3.8, 4) is 0 Å². The second kappa shape index (κ2) is 13.7. The van der Waals surface area contributed by atoms with Crippen LogP contribution >= 0.6 is 34.8 Å². The van der Waals surface area contributed by atoms with Crippen molar-refractivity contribution in [2.45, 2.75) is 53.1 Å². The van der Waals surface area contributed by atoms with Gasteiger partial charge in [-0.05, 0) is 61.6 Å². The second-order valence-corrected chi connectivity index (χ2v) is 12.5. The molecule has 204 valence electrons. The first-order chi connectivity index (χ1) is 17.2. The molecule has 0 heterocycles. The number of benzene rings is 2. The predicted octanol–water partition coefficient (Wildman–Crippen LogP) is 5.69. The number of carbonyl (C=O) groups excluding carboxylic acids is 2. The van der Waals surface area contributed by atoms with Crippen LogP contribution in [-0.4, -0.2) is 50.5 Å². The number of amides is 2. The summed E-state index contributed by atoms with van der Waals surface area (Å²) < 4.78 is 26.3. The maximum absolute atomic E-state index is 13.4. The van der Waals surface area contributed by atoms with Crippen molar-refractivity contribution in [2.24, 2.45) is 5.92 Å². The topological polar surface area (TPSA) is 86.8 Å². The van der Waals surface area contributed by atoms with Crippen molar-refractivity contribution in [1.82, 2.24) is 10.2 Å². The van der Waals surface area contributed by atoms with E-state index in [4.69, 9.17) is 34.8 Å². The Morgan fingerprint density at radius 2 is 1.68 bits per heavy atom. The van der Waals surface area contributed by atoms with Crippen LogP contribution in [0.4, 0.5) is 5.69 Å². The Labute approximate surface area is 235 Å². The molecule has 7 nitrogen and oxygen atoms in total. The van der Waals surface area contributed by atoms with E-state index in [1.54, 1.807) is 50.2 Å². The number of hydrogen-bond acceptors (Lipinski definition) is 4. The summed E-state index contributed by atoms with van der Waals surface area (Å²) >= 11 is 18.4. The summed E-state index contributed by atoms with van der Waals surface area (Å²) in [5, 5.41) is 4.07. The Hall–Kier alpha value is -2.00. The van der Waals surface area contributed by atoms with Crippen molar-refractivity contribution in [2.75, 3.05) is 23.7 Å². The number of anilines is 1. The lowest BCUT2D eigenvalue weighted by atomic mass is 10.1. The quantitative estimate of drug-likeness (QED) is 0.344. The monoisotopic (exact) mass is 589 g/mol. The number of halogens is 3. The number of hydrogen-bond donors (Lipinski definition) is 1. The van der Waals surface area contributed by atoms with Gasteiger partial charge in [-0.2, -0.15) is 0 Å². The van der Waals surface area contributed by atoms with Gasteiger partial charge in [0.05, 0.1) is 22.0 Å². The van der Waals surface area contributed by atoms with Gasteiger partial charge < -0.3 is 10.2 Å². The molecule has 0 saturated heterocycles. The van der Waals surface area contributed by atoms with Crippen LogP contribution < -0.4 is 9.62 Å². The minimum Gasteiger partial charge on any atom is -0.354 e. The third-order valence-corrected chi connectivity index (χ3v) is 8.18. The molecule has 1 atom stereocenters. The molecule has 0 aliphatic rings. The van der Waals surface area contributed by atoms with E-state index in [-0.39, 0.29) is 43.7 Å². The molecule has 0 unspecified atom stereocenters. The lowest BCUT2D eigenvalue weighted by molar-refractivity contribution is -0.140. The molecule has 11 heteroatoms. The second-order valence-electron chi connectivity index (χ2n) is 9.41. The van der Waals surface area contributed by atoms with Crippen LogP contribution in [0, 0.1) is 12.8 Å². The molecular weight excluding hydrogens is 557 g/mol.